The smallest absolute Gasteiger partial charge is 0.303 e. The number of carboxylic acids is 1. The second kappa shape index (κ2) is 19.0. The Kier molecular flexibility index (Phi) is 17.3. The minimum atomic E-state index is -0.726. The van der Waals surface area contributed by atoms with Gasteiger partial charge in [-0.1, -0.05) is 79.8 Å². The molecular weight excluding hydrogens is 296 g/mol. The highest BCUT2D eigenvalue weighted by Crippen LogP contribution is 1.98. The zero-order valence-corrected chi connectivity index (χ0v) is 14.9. The highest BCUT2D eigenvalue weighted by atomic mass is 16.4. The zero-order valence-electron chi connectivity index (χ0n) is 14.9. The third-order valence-corrected chi connectivity index (χ3v) is 3.15. The van der Waals surface area contributed by atoms with Crippen LogP contribution in [0.4, 0.5) is 0 Å². The summed E-state index contributed by atoms with van der Waals surface area (Å²) in [6.45, 7) is 2.15. The fourth-order valence-corrected chi connectivity index (χ4v) is 1.87. The van der Waals surface area contributed by atoms with Crippen LogP contribution in [0.5, 0.6) is 0 Å². The van der Waals surface area contributed by atoms with Crippen LogP contribution in [0.2, 0.25) is 0 Å². The Balaban J connectivity index is 3.54. The van der Waals surface area contributed by atoms with E-state index in [0.717, 1.165) is 38.5 Å². The monoisotopic (exact) mass is 328 g/mol. The van der Waals surface area contributed by atoms with E-state index >= 15 is 0 Å². The zero-order chi connectivity index (χ0) is 17.7. The molecule has 0 atom stereocenters. The molecule has 0 aliphatic carbocycles. The lowest BCUT2D eigenvalue weighted by atomic mass is 10.2. The van der Waals surface area contributed by atoms with Crippen LogP contribution in [0.25, 0.3) is 0 Å². The van der Waals surface area contributed by atoms with Gasteiger partial charge < -0.3 is 5.11 Å². The van der Waals surface area contributed by atoms with E-state index < -0.39 is 5.97 Å². The van der Waals surface area contributed by atoms with E-state index in [9.17, 15) is 4.79 Å². The number of carbonyl (C=O) groups is 1. The molecule has 0 aromatic rings. The second-order valence-electron chi connectivity index (χ2n) is 5.42. The molecule has 1 N–H and O–H groups in total. The summed E-state index contributed by atoms with van der Waals surface area (Å²) in [5, 5.41) is 8.50. The maximum absolute atomic E-state index is 10.3. The van der Waals surface area contributed by atoms with Gasteiger partial charge in [0.2, 0.25) is 0 Å². The van der Waals surface area contributed by atoms with Gasteiger partial charge in [-0.15, -0.1) is 0 Å². The summed E-state index contributed by atoms with van der Waals surface area (Å²) in [5.41, 5.74) is 0. The van der Waals surface area contributed by atoms with Crippen molar-refractivity contribution in [3.8, 4) is 0 Å². The molecule has 0 aliphatic heterocycles. The molecule has 24 heavy (non-hydrogen) atoms. The lowest BCUT2D eigenvalue weighted by Crippen LogP contribution is -1.92. The molecule has 0 fully saturated rings. The van der Waals surface area contributed by atoms with Crippen molar-refractivity contribution in [2.45, 2.75) is 58.3 Å². The van der Waals surface area contributed by atoms with Crippen molar-refractivity contribution in [2.75, 3.05) is 0 Å². The minimum absolute atomic E-state index is 0.243. The summed E-state index contributed by atoms with van der Waals surface area (Å²) >= 11 is 0. The predicted octanol–water partition coefficient (Wildman–Crippen LogP) is 6.55. The maximum atomic E-state index is 10.3. The number of rotatable bonds is 14. The molecule has 0 saturated carbocycles. The quantitative estimate of drug-likeness (QED) is 0.223. The summed E-state index contributed by atoms with van der Waals surface area (Å²) in [6.07, 6.45) is 32.4. The van der Waals surface area contributed by atoms with Gasteiger partial charge >= 0.3 is 5.97 Å². The Hall–Kier alpha value is -2.09. The first-order chi connectivity index (χ1) is 11.8. The average molecular weight is 328 g/mol. The van der Waals surface area contributed by atoms with E-state index in [-0.39, 0.29) is 6.42 Å². The summed E-state index contributed by atoms with van der Waals surface area (Å²) in [7, 11) is 0. The van der Waals surface area contributed by atoms with E-state index in [1.165, 1.54) is 0 Å². The van der Waals surface area contributed by atoms with Gasteiger partial charge in [0.15, 0.2) is 0 Å². The number of aliphatic carboxylic acids is 1. The molecule has 0 aliphatic rings. The van der Waals surface area contributed by atoms with E-state index in [2.05, 4.69) is 49.5 Å². The van der Waals surface area contributed by atoms with Gasteiger partial charge in [0.1, 0.15) is 0 Å². The average Bonchev–Trinajstić information content (AvgIpc) is 2.56. The van der Waals surface area contributed by atoms with Crippen LogP contribution in [0.1, 0.15) is 58.3 Å². The van der Waals surface area contributed by atoms with Crippen LogP contribution in [-0.4, -0.2) is 11.1 Å². The predicted molar refractivity (Wildman–Crippen MR) is 105 cm³/mol. The molecule has 2 heteroatoms. The summed E-state index contributed by atoms with van der Waals surface area (Å²) < 4.78 is 0. The van der Waals surface area contributed by atoms with Gasteiger partial charge in [-0.25, -0.2) is 0 Å². The molecule has 0 aromatic carbocycles. The Morgan fingerprint density at radius 3 is 1.62 bits per heavy atom. The first kappa shape index (κ1) is 21.9. The second-order valence-corrected chi connectivity index (χ2v) is 5.42. The largest absolute Gasteiger partial charge is 0.481 e. The van der Waals surface area contributed by atoms with Gasteiger partial charge in [-0.05, 0) is 44.9 Å². The van der Waals surface area contributed by atoms with Crippen LogP contribution >= 0.6 is 0 Å². The first-order valence-electron chi connectivity index (χ1n) is 8.94. The van der Waals surface area contributed by atoms with Crippen LogP contribution in [0.15, 0.2) is 72.9 Å². The maximum Gasteiger partial charge on any atom is 0.303 e. The summed E-state index contributed by atoms with van der Waals surface area (Å²) in [4.78, 5) is 10.3. The number of unbranched alkanes of at least 4 members (excludes halogenated alkanes) is 3. The van der Waals surface area contributed by atoms with Crippen molar-refractivity contribution in [1.82, 2.24) is 0 Å². The molecule has 0 unspecified atom stereocenters. The Bertz CT molecular complexity index is 462. The minimum Gasteiger partial charge on any atom is -0.481 e. The van der Waals surface area contributed by atoms with Gasteiger partial charge in [0.05, 0.1) is 0 Å². The van der Waals surface area contributed by atoms with E-state index in [1.54, 1.807) is 0 Å². The first-order valence-corrected chi connectivity index (χ1v) is 8.94. The van der Waals surface area contributed by atoms with Crippen molar-refractivity contribution < 1.29 is 9.90 Å². The van der Waals surface area contributed by atoms with Gasteiger partial charge in [-0.2, -0.15) is 0 Å². The standard InChI is InChI=1S/C22H32O2/c1-2-3-4-5-6-7-8-9-10-11-12-13-14-15-16-17-18-19-20-21-22(23)24/h3-4,7-10,13-18H,2,5-6,11-12,19-21H2,1H3,(H,23,24)/b4-3-,8-7+,10-9-,14-13+,16-15+,18-17-. The van der Waals surface area contributed by atoms with Crippen molar-refractivity contribution in [1.29, 1.82) is 0 Å². The van der Waals surface area contributed by atoms with Crippen molar-refractivity contribution in [2.24, 2.45) is 0 Å². The van der Waals surface area contributed by atoms with Crippen LogP contribution in [0, 0.1) is 0 Å². The number of hydrogen-bond donors (Lipinski definition) is 1. The molecule has 0 radical (unpaired) electrons. The normalized spacial score (nSPS) is 13.0. The van der Waals surface area contributed by atoms with E-state index in [1.807, 2.05) is 30.4 Å². The summed E-state index contributed by atoms with van der Waals surface area (Å²) in [6, 6.07) is 0. The molecule has 0 aromatic heterocycles. The molecule has 0 bridgehead atoms. The highest BCUT2D eigenvalue weighted by molar-refractivity contribution is 5.66. The lowest BCUT2D eigenvalue weighted by Gasteiger charge is -1.88. The molecule has 0 rings (SSSR count). The van der Waals surface area contributed by atoms with Crippen molar-refractivity contribution in [3.05, 3.63) is 72.9 Å². The number of carboxylic acid groups (broad SMARTS) is 1. The topological polar surface area (TPSA) is 37.3 Å². The number of hydrogen-bond acceptors (Lipinski definition) is 1. The van der Waals surface area contributed by atoms with E-state index in [0.29, 0.717) is 6.42 Å². The molecule has 132 valence electrons. The van der Waals surface area contributed by atoms with Crippen LogP contribution in [0.3, 0.4) is 0 Å². The Labute approximate surface area is 147 Å². The van der Waals surface area contributed by atoms with E-state index in [4.69, 9.17) is 5.11 Å². The van der Waals surface area contributed by atoms with Crippen LogP contribution < -0.4 is 0 Å². The molecule has 0 saturated heterocycles. The molecule has 0 heterocycles. The fourth-order valence-electron chi connectivity index (χ4n) is 1.87. The van der Waals surface area contributed by atoms with Crippen molar-refractivity contribution in [3.63, 3.8) is 0 Å². The van der Waals surface area contributed by atoms with Crippen molar-refractivity contribution >= 4 is 5.97 Å². The fraction of sp³-hybridized carbons (Fsp3) is 0.409. The SMILES string of the molecule is CC/C=C\CC/C=C/C=C\CC/C=C/C=C/C=C\CCCC(=O)O. The van der Waals surface area contributed by atoms with Gasteiger partial charge in [0.25, 0.3) is 0 Å². The summed E-state index contributed by atoms with van der Waals surface area (Å²) in [5.74, 6) is -0.726. The van der Waals surface area contributed by atoms with Gasteiger partial charge in [0, 0.05) is 6.42 Å². The lowest BCUT2D eigenvalue weighted by molar-refractivity contribution is -0.137. The Morgan fingerprint density at radius 2 is 1.12 bits per heavy atom. The highest BCUT2D eigenvalue weighted by Gasteiger charge is 1.92. The van der Waals surface area contributed by atoms with Gasteiger partial charge in [-0.3, -0.25) is 4.79 Å². The molecule has 2 nitrogen and oxygen atoms in total. The third-order valence-electron chi connectivity index (χ3n) is 3.15. The number of allylic oxidation sites excluding steroid dienone is 12. The molecule has 0 spiro atoms. The third kappa shape index (κ3) is 19.9. The Morgan fingerprint density at radius 1 is 0.667 bits per heavy atom. The van der Waals surface area contributed by atoms with Crippen LogP contribution in [-0.2, 0) is 4.79 Å². The molecular formula is C22H32O2. The molecule has 0 amide bonds.